The van der Waals surface area contributed by atoms with E-state index in [4.69, 9.17) is 4.74 Å². The number of aromatic nitrogens is 2. The van der Waals surface area contributed by atoms with Gasteiger partial charge < -0.3 is 10.1 Å². The molecule has 1 N–H and O–H groups in total. The monoisotopic (exact) mass is 447 g/mol. The van der Waals surface area contributed by atoms with Crippen LogP contribution in [0, 0.1) is 0 Å². The molecule has 32 heavy (non-hydrogen) atoms. The highest BCUT2D eigenvalue weighted by Crippen LogP contribution is 2.31. The molecule has 2 heterocycles. The minimum Gasteiger partial charge on any atom is -0.495 e. The fourth-order valence-electron chi connectivity index (χ4n) is 3.77. The van der Waals surface area contributed by atoms with Crippen LogP contribution in [-0.2, 0) is 11.2 Å². The second-order valence-electron chi connectivity index (χ2n) is 7.45. The van der Waals surface area contributed by atoms with Gasteiger partial charge in [-0.25, -0.2) is 4.98 Å². The highest BCUT2D eigenvalue weighted by molar-refractivity contribution is 7.17. The number of amides is 1. The van der Waals surface area contributed by atoms with Crippen LogP contribution in [0.4, 0.5) is 5.69 Å². The molecule has 7 heteroatoms. The number of methoxy groups -OCH3 is 1. The molecular weight excluding hydrogens is 422 g/mol. The van der Waals surface area contributed by atoms with Gasteiger partial charge in [-0.15, -0.1) is 11.3 Å². The first-order valence-corrected chi connectivity index (χ1v) is 11.5. The van der Waals surface area contributed by atoms with E-state index in [2.05, 4.69) is 29.4 Å². The third-order valence-corrected chi connectivity index (χ3v) is 6.47. The lowest BCUT2D eigenvalue weighted by molar-refractivity contribution is -0.119. The van der Waals surface area contributed by atoms with Crippen LogP contribution >= 0.6 is 11.3 Å². The van der Waals surface area contributed by atoms with Crippen LogP contribution in [0.25, 0.3) is 21.3 Å². The summed E-state index contributed by atoms with van der Waals surface area (Å²) in [5, 5.41) is 5.40. The van der Waals surface area contributed by atoms with E-state index in [1.54, 1.807) is 19.2 Å². The Labute approximate surface area is 190 Å². The van der Waals surface area contributed by atoms with Crippen molar-refractivity contribution in [3.63, 3.8) is 0 Å². The van der Waals surface area contributed by atoms with Crippen molar-refractivity contribution in [2.24, 2.45) is 0 Å². The molecule has 164 valence electrons. The first-order valence-electron chi connectivity index (χ1n) is 10.6. The van der Waals surface area contributed by atoms with Crippen LogP contribution in [0.3, 0.4) is 0 Å². The molecule has 0 aliphatic heterocycles. The molecule has 0 aliphatic carbocycles. The van der Waals surface area contributed by atoms with E-state index in [1.807, 2.05) is 36.6 Å². The fraction of sp³-hybridized carbons (Fsp3) is 0.240. The molecule has 2 aromatic heterocycles. The van der Waals surface area contributed by atoms with Crippen molar-refractivity contribution >= 4 is 33.1 Å². The maximum atomic E-state index is 13.5. The van der Waals surface area contributed by atoms with Crippen molar-refractivity contribution in [2.75, 3.05) is 12.4 Å². The number of fused-ring (bicyclic) bond motifs is 1. The molecule has 0 aliphatic rings. The van der Waals surface area contributed by atoms with Crippen LogP contribution in [0.1, 0.15) is 31.9 Å². The summed E-state index contributed by atoms with van der Waals surface area (Å²) in [6.45, 7) is 3.99. The van der Waals surface area contributed by atoms with Gasteiger partial charge in [-0.05, 0) is 36.1 Å². The summed E-state index contributed by atoms with van der Waals surface area (Å²) in [6, 6.07) is 14.7. The molecule has 4 aromatic rings. The summed E-state index contributed by atoms with van der Waals surface area (Å²) in [6.07, 6.45) is 2.87. The van der Waals surface area contributed by atoms with Gasteiger partial charge >= 0.3 is 0 Å². The Balaban J connectivity index is 1.73. The Hall–Kier alpha value is -3.45. The number of carbonyl (C=O) groups is 1. The Morgan fingerprint density at radius 2 is 1.91 bits per heavy atom. The maximum Gasteiger partial charge on any atom is 0.263 e. The Morgan fingerprint density at radius 1 is 1.16 bits per heavy atom. The van der Waals surface area contributed by atoms with Crippen molar-refractivity contribution < 1.29 is 9.53 Å². The lowest BCUT2D eigenvalue weighted by Gasteiger charge is -2.18. The van der Waals surface area contributed by atoms with Gasteiger partial charge in [0.05, 0.1) is 24.5 Å². The topological polar surface area (TPSA) is 73.2 Å². The average molecular weight is 448 g/mol. The second-order valence-corrected chi connectivity index (χ2v) is 8.31. The molecule has 0 radical (unpaired) electrons. The molecule has 0 spiro atoms. The number of para-hydroxylation sites is 2. The molecule has 0 fully saturated rings. The maximum absolute atomic E-state index is 13.5. The summed E-state index contributed by atoms with van der Waals surface area (Å²) < 4.78 is 6.76. The number of nitrogens with one attached hydrogen (secondary N) is 1. The van der Waals surface area contributed by atoms with Gasteiger partial charge in [-0.1, -0.05) is 50.2 Å². The standard InChI is InChI=1S/C25H25N3O3S/c1-4-16-10-12-17(13-11-16)18-14-32-24-22(18)25(30)28(15-26-24)20(5-2)23(29)27-19-8-6-7-9-21(19)31-3/h6-15,20H,4-5H2,1-3H3,(H,27,29). The van der Waals surface area contributed by atoms with Crippen molar-refractivity contribution in [2.45, 2.75) is 32.7 Å². The summed E-state index contributed by atoms with van der Waals surface area (Å²) in [5.41, 5.74) is 3.40. The van der Waals surface area contributed by atoms with Gasteiger partial charge in [0.15, 0.2) is 0 Å². The van der Waals surface area contributed by atoms with Gasteiger partial charge in [-0.2, -0.15) is 0 Å². The zero-order valence-corrected chi connectivity index (χ0v) is 19.1. The summed E-state index contributed by atoms with van der Waals surface area (Å²) in [4.78, 5) is 31.8. The number of ether oxygens (including phenoxy) is 1. The van der Waals surface area contributed by atoms with Gasteiger partial charge in [0.2, 0.25) is 5.91 Å². The highest BCUT2D eigenvalue weighted by Gasteiger charge is 2.23. The van der Waals surface area contributed by atoms with Gasteiger partial charge in [0, 0.05) is 10.9 Å². The van der Waals surface area contributed by atoms with E-state index in [-0.39, 0.29) is 11.5 Å². The minimum absolute atomic E-state index is 0.215. The van der Waals surface area contributed by atoms with Crippen LogP contribution in [-0.4, -0.2) is 22.6 Å². The highest BCUT2D eigenvalue weighted by atomic mass is 32.1. The van der Waals surface area contributed by atoms with E-state index in [0.29, 0.717) is 28.1 Å². The zero-order valence-electron chi connectivity index (χ0n) is 18.3. The van der Waals surface area contributed by atoms with Crippen LogP contribution in [0.5, 0.6) is 5.75 Å². The molecule has 1 amide bonds. The van der Waals surface area contributed by atoms with Crippen LogP contribution < -0.4 is 15.6 Å². The molecular formula is C25H25N3O3S. The number of aryl methyl sites for hydroxylation is 1. The smallest absolute Gasteiger partial charge is 0.263 e. The lowest BCUT2D eigenvalue weighted by atomic mass is 10.0. The van der Waals surface area contributed by atoms with E-state index in [1.165, 1.54) is 27.8 Å². The van der Waals surface area contributed by atoms with Crippen molar-refractivity contribution in [1.82, 2.24) is 9.55 Å². The lowest BCUT2D eigenvalue weighted by Crippen LogP contribution is -2.33. The third kappa shape index (κ3) is 4.03. The number of nitrogens with zero attached hydrogens (tertiary/aromatic N) is 2. The summed E-state index contributed by atoms with van der Waals surface area (Å²) in [5.74, 6) is 0.275. The number of thiophene rings is 1. The quantitative estimate of drug-likeness (QED) is 0.418. The first-order chi connectivity index (χ1) is 15.6. The number of benzene rings is 2. The third-order valence-electron chi connectivity index (χ3n) is 5.58. The van der Waals surface area contributed by atoms with E-state index >= 15 is 0 Å². The first kappa shape index (κ1) is 21.8. The molecule has 0 saturated carbocycles. The van der Waals surface area contributed by atoms with Crippen molar-refractivity contribution in [3.8, 4) is 16.9 Å². The summed E-state index contributed by atoms with van der Waals surface area (Å²) in [7, 11) is 1.55. The number of rotatable bonds is 7. The number of hydrogen-bond donors (Lipinski definition) is 1. The molecule has 6 nitrogen and oxygen atoms in total. The van der Waals surface area contributed by atoms with Gasteiger partial charge in [0.1, 0.15) is 16.6 Å². The molecule has 1 atom stereocenters. The predicted molar refractivity (Wildman–Crippen MR) is 130 cm³/mol. The van der Waals surface area contributed by atoms with E-state index in [0.717, 1.165) is 17.5 Å². The fourth-order valence-corrected chi connectivity index (χ4v) is 4.68. The zero-order chi connectivity index (χ0) is 22.7. The number of hydrogen-bond acceptors (Lipinski definition) is 5. The van der Waals surface area contributed by atoms with E-state index in [9.17, 15) is 9.59 Å². The molecule has 0 bridgehead atoms. The normalized spacial score (nSPS) is 12.0. The molecule has 2 aromatic carbocycles. The SMILES string of the molecule is CCc1ccc(-c2csc3ncn(C(CC)C(=O)Nc4ccccc4OC)c(=O)c23)cc1. The number of carbonyl (C=O) groups excluding carboxylic acids is 1. The minimum atomic E-state index is -0.695. The second kappa shape index (κ2) is 9.36. The molecule has 0 saturated heterocycles. The van der Waals surface area contributed by atoms with Crippen molar-refractivity contribution in [1.29, 1.82) is 0 Å². The van der Waals surface area contributed by atoms with Gasteiger partial charge in [0.25, 0.3) is 5.56 Å². The molecule has 1 unspecified atom stereocenters. The Bertz CT molecular complexity index is 1310. The molecule has 4 rings (SSSR count). The number of anilines is 1. The predicted octanol–water partition coefficient (Wildman–Crippen LogP) is 5.29. The van der Waals surface area contributed by atoms with Crippen LogP contribution in [0.15, 0.2) is 65.0 Å². The van der Waals surface area contributed by atoms with E-state index < -0.39 is 6.04 Å². The van der Waals surface area contributed by atoms with Crippen molar-refractivity contribution in [3.05, 3.63) is 76.2 Å². The Kier molecular flexibility index (Phi) is 6.37. The van der Waals surface area contributed by atoms with Crippen LogP contribution in [0.2, 0.25) is 0 Å². The summed E-state index contributed by atoms with van der Waals surface area (Å²) >= 11 is 1.44. The largest absolute Gasteiger partial charge is 0.495 e. The average Bonchev–Trinajstić information content (AvgIpc) is 3.26. The Morgan fingerprint density at radius 3 is 2.59 bits per heavy atom. The van der Waals surface area contributed by atoms with Gasteiger partial charge in [-0.3, -0.25) is 14.2 Å².